The topological polar surface area (TPSA) is 52.3 Å². The number of carbonyl (C=O) groups is 1. The number of benzene rings is 3. The Bertz CT molecular complexity index is 1330. The van der Waals surface area contributed by atoms with Crippen LogP contribution >= 0.6 is 0 Å². The molecule has 3 aromatic carbocycles. The molecule has 1 aromatic heterocycles. The lowest BCUT2D eigenvalue weighted by Gasteiger charge is -2.17. The molecule has 0 N–H and O–H groups in total. The Labute approximate surface area is 158 Å². The quantitative estimate of drug-likeness (QED) is 0.221. The fraction of sp³-hybridized carbons (Fsp3) is 0. The molecular formula is C20H6F5NO3. The van der Waals surface area contributed by atoms with Crippen molar-refractivity contribution in [3.63, 3.8) is 0 Å². The molecule has 0 unspecified atom stereocenters. The van der Waals surface area contributed by atoms with Crippen LogP contribution < -0.4 is 4.74 Å². The lowest BCUT2D eigenvalue weighted by atomic mass is 9.87. The zero-order valence-corrected chi connectivity index (χ0v) is 14.0. The Balaban J connectivity index is 1.77. The van der Waals surface area contributed by atoms with E-state index in [0.717, 1.165) is 6.07 Å². The highest BCUT2D eigenvalue weighted by Gasteiger charge is 2.34. The average Bonchev–Trinajstić information content (AvgIpc) is 3.17. The van der Waals surface area contributed by atoms with Crippen molar-refractivity contribution < 1.29 is 36.0 Å². The largest absolute Gasteiger partial charge is 0.450 e. The maximum atomic E-state index is 14.0. The molecule has 0 bridgehead atoms. The van der Waals surface area contributed by atoms with Gasteiger partial charge in [0.05, 0.1) is 10.9 Å². The fourth-order valence-electron chi connectivity index (χ4n) is 3.31. The van der Waals surface area contributed by atoms with Crippen LogP contribution in [-0.4, -0.2) is 10.9 Å². The van der Waals surface area contributed by atoms with Crippen LogP contribution in [0.1, 0.15) is 15.9 Å². The molecule has 144 valence electrons. The SMILES string of the molecule is O=C1c2ccccc2-c2onc3ccc(Oc4c(F)c(F)c(F)c(F)c4F)c1c23. The van der Waals surface area contributed by atoms with Gasteiger partial charge >= 0.3 is 0 Å². The van der Waals surface area contributed by atoms with Crippen molar-refractivity contribution in [2.75, 3.05) is 0 Å². The highest BCUT2D eigenvalue weighted by Crippen LogP contribution is 2.44. The maximum absolute atomic E-state index is 14.0. The molecular weight excluding hydrogens is 397 g/mol. The zero-order valence-electron chi connectivity index (χ0n) is 14.0. The summed E-state index contributed by atoms with van der Waals surface area (Å²) >= 11 is 0. The predicted molar refractivity (Wildman–Crippen MR) is 89.2 cm³/mol. The molecule has 0 saturated heterocycles. The van der Waals surface area contributed by atoms with Gasteiger partial charge in [-0.2, -0.15) is 8.78 Å². The van der Waals surface area contributed by atoms with E-state index in [1.165, 1.54) is 12.1 Å². The third-order valence-electron chi connectivity index (χ3n) is 4.63. The lowest BCUT2D eigenvalue weighted by molar-refractivity contribution is 0.103. The lowest BCUT2D eigenvalue weighted by Crippen LogP contribution is -2.11. The van der Waals surface area contributed by atoms with Gasteiger partial charge in [-0.05, 0) is 12.1 Å². The molecule has 0 atom stereocenters. The van der Waals surface area contributed by atoms with Crippen LogP contribution in [0, 0.1) is 29.1 Å². The van der Waals surface area contributed by atoms with E-state index >= 15 is 0 Å². The molecule has 0 saturated carbocycles. The van der Waals surface area contributed by atoms with Crippen LogP contribution in [0.3, 0.4) is 0 Å². The summed E-state index contributed by atoms with van der Waals surface area (Å²) in [6, 6.07) is 8.91. The summed E-state index contributed by atoms with van der Waals surface area (Å²) in [5.74, 6) is -13.2. The predicted octanol–water partition coefficient (Wildman–Crippen LogP) is 5.53. The smallest absolute Gasteiger partial charge is 0.207 e. The molecule has 1 heterocycles. The molecule has 0 aliphatic heterocycles. The standard InChI is InChI=1S/C20H6F5NO3/c21-13-14(22)16(24)20(17(25)15(13)23)28-10-6-5-9-11-12(10)18(27)7-3-1-2-4-8(7)19(11)29-26-9/h1-6H. The first-order valence-electron chi connectivity index (χ1n) is 8.16. The number of fused-ring (bicyclic) bond motifs is 2. The van der Waals surface area contributed by atoms with Gasteiger partial charge in [0.2, 0.25) is 34.8 Å². The second-order valence-corrected chi connectivity index (χ2v) is 6.22. The second kappa shape index (κ2) is 5.87. The van der Waals surface area contributed by atoms with Crippen molar-refractivity contribution in [3.05, 3.63) is 76.6 Å². The van der Waals surface area contributed by atoms with E-state index in [1.807, 2.05) is 0 Å². The van der Waals surface area contributed by atoms with Gasteiger partial charge < -0.3 is 9.26 Å². The molecule has 0 amide bonds. The minimum absolute atomic E-state index is 0.151. The minimum Gasteiger partial charge on any atom is -0.450 e. The van der Waals surface area contributed by atoms with Crippen molar-refractivity contribution in [3.8, 4) is 22.8 Å². The van der Waals surface area contributed by atoms with Gasteiger partial charge in [0.1, 0.15) is 11.3 Å². The van der Waals surface area contributed by atoms with Crippen LogP contribution in [0.25, 0.3) is 22.2 Å². The maximum Gasteiger partial charge on any atom is 0.207 e. The summed E-state index contributed by atoms with van der Waals surface area (Å²) in [6.45, 7) is 0. The van der Waals surface area contributed by atoms with Gasteiger partial charge in [0.15, 0.2) is 11.5 Å². The zero-order chi connectivity index (χ0) is 20.4. The van der Waals surface area contributed by atoms with Crippen molar-refractivity contribution in [1.29, 1.82) is 0 Å². The fourth-order valence-corrected chi connectivity index (χ4v) is 3.31. The molecule has 9 heteroatoms. The number of halogens is 5. The van der Waals surface area contributed by atoms with Crippen molar-refractivity contribution in [2.45, 2.75) is 0 Å². The number of aromatic nitrogens is 1. The second-order valence-electron chi connectivity index (χ2n) is 6.22. The number of nitrogens with zero attached hydrogens (tertiary/aromatic N) is 1. The summed E-state index contributed by atoms with van der Waals surface area (Å²) in [5, 5.41) is 4.06. The van der Waals surface area contributed by atoms with Gasteiger partial charge in [-0.3, -0.25) is 4.79 Å². The third-order valence-corrected chi connectivity index (χ3v) is 4.63. The Kier molecular flexibility index (Phi) is 3.51. The van der Waals surface area contributed by atoms with E-state index in [2.05, 4.69) is 5.16 Å². The third kappa shape index (κ3) is 2.24. The van der Waals surface area contributed by atoms with Crippen molar-refractivity contribution in [2.24, 2.45) is 0 Å². The van der Waals surface area contributed by atoms with Crippen LogP contribution in [0.2, 0.25) is 0 Å². The number of rotatable bonds is 2. The molecule has 4 aromatic rings. The molecule has 0 radical (unpaired) electrons. The molecule has 29 heavy (non-hydrogen) atoms. The average molecular weight is 403 g/mol. The first-order valence-corrected chi connectivity index (χ1v) is 8.16. The van der Waals surface area contributed by atoms with Crippen molar-refractivity contribution >= 4 is 16.7 Å². The molecule has 1 aliphatic rings. The summed E-state index contributed by atoms with van der Waals surface area (Å²) in [7, 11) is 0. The normalized spacial score (nSPS) is 12.4. The van der Waals surface area contributed by atoms with Gasteiger partial charge in [-0.15, -0.1) is 0 Å². The van der Waals surface area contributed by atoms with Crippen LogP contribution in [0.5, 0.6) is 11.5 Å². The Morgan fingerprint density at radius 2 is 1.41 bits per heavy atom. The Hall–Kier alpha value is -3.75. The number of carbonyl (C=O) groups excluding carboxylic acids is 1. The molecule has 1 aliphatic carbocycles. The first-order chi connectivity index (χ1) is 13.9. The number of hydrogen-bond acceptors (Lipinski definition) is 4. The Morgan fingerprint density at radius 1 is 0.793 bits per heavy atom. The van der Waals surface area contributed by atoms with E-state index in [0.29, 0.717) is 5.56 Å². The van der Waals surface area contributed by atoms with Gasteiger partial charge in [0, 0.05) is 11.1 Å². The Morgan fingerprint density at radius 3 is 2.10 bits per heavy atom. The number of ether oxygens (including phenoxy) is 1. The number of ketones is 1. The van der Waals surface area contributed by atoms with E-state index in [1.54, 1.807) is 18.2 Å². The molecule has 4 nitrogen and oxygen atoms in total. The van der Waals surface area contributed by atoms with Crippen LogP contribution in [0.15, 0.2) is 40.9 Å². The van der Waals surface area contributed by atoms with Gasteiger partial charge in [-0.1, -0.05) is 29.4 Å². The minimum atomic E-state index is -2.31. The summed E-state index contributed by atoms with van der Waals surface area (Å²) < 4.78 is 78.7. The monoisotopic (exact) mass is 403 g/mol. The van der Waals surface area contributed by atoms with Gasteiger partial charge in [0.25, 0.3) is 0 Å². The summed E-state index contributed by atoms with van der Waals surface area (Å²) in [6.07, 6.45) is 0. The van der Waals surface area contributed by atoms with Crippen LogP contribution in [0.4, 0.5) is 22.0 Å². The summed E-state index contributed by atoms with van der Waals surface area (Å²) in [5.41, 5.74) is 0.788. The van der Waals surface area contributed by atoms with E-state index in [4.69, 9.17) is 9.26 Å². The highest BCUT2D eigenvalue weighted by molar-refractivity contribution is 6.26. The van der Waals surface area contributed by atoms with Crippen LogP contribution in [-0.2, 0) is 0 Å². The van der Waals surface area contributed by atoms with Crippen molar-refractivity contribution in [1.82, 2.24) is 5.16 Å². The molecule has 0 fully saturated rings. The van der Waals surface area contributed by atoms with E-state index in [-0.39, 0.29) is 27.8 Å². The number of hydrogen-bond donors (Lipinski definition) is 0. The molecule has 0 spiro atoms. The highest BCUT2D eigenvalue weighted by atomic mass is 19.2. The molecule has 5 rings (SSSR count). The first kappa shape index (κ1) is 17.4. The van der Waals surface area contributed by atoms with E-state index < -0.39 is 46.4 Å². The summed E-state index contributed by atoms with van der Waals surface area (Å²) in [4.78, 5) is 13.0. The van der Waals surface area contributed by atoms with E-state index in [9.17, 15) is 26.7 Å². The van der Waals surface area contributed by atoms with Gasteiger partial charge in [-0.25, -0.2) is 13.2 Å².